The molecular weight excluding hydrogens is 214 g/mol. The van der Waals surface area contributed by atoms with E-state index < -0.39 is 0 Å². The summed E-state index contributed by atoms with van der Waals surface area (Å²) < 4.78 is 0. The number of carbonyl (C=O) groups is 1. The van der Waals surface area contributed by atoms with Gasteiger partial charge in [-0.15, -0.1) is 0 Å². The van der Waals surface area contributed by atoms with Crippen molar-refractivity contribution >= 4 is 23.3 Å². The minimum absolute atomic E-state index is 0.191. The Morgan fingerprint density at radius 2 is 2.40 bits per heavy atom. The molecule has 0 aliphatic heterocycles. The molecule has 1 saturated carbocycles. The van der Waals surface area contributed by atoms with Crippen LogP contribution in [0.1, 0.15) is 12.8 Å². The van der Waals surface area contributed by atoms with Crippen LogP contribution in [-0.2, 0) is 0 Å². The summed E-state index contributed by atoms with van der Waals surface area (Å²) >= 11 is 5.68. The van der Waals surface area contributed by atoms with Crippen LogP contribution in [0.25, 0.3) is 0 Å². The van der Waals surface area contributed by atoms with Crippen LogP contribution in [0.4, 0.5) is 10.5 Å². The van der Waals surface area contributed by atoms with Crippen LogP contribution in [0.2, 0.25) is 5.15 Å². The highest BCUT2D eigenvalue weighted by Gasteiger charge is 2.21. The van der Waals surface area contributed by atoms with Gasteiger partial charge in [-0.25, -0.2) is 9.78 Å². The van der Waals surface area contributed by atoms with E-state index in [-0.39, 0.29) is 6.03 Å². The molecular formula is C10H12ClN3O. The number of nitrogens with one attached hydrogen (secondary N) is 2. The van der Waals surface area contributed by atoms with Crippen molar-refractivity contribution in [1.29, 1.82) is 0 Å². The van der Waals surface area contributed by atoms with E-state index in [0.717, 1.165) is 6.54 Å². The summed E-state index contributed by atoms with van der Waals surface area (Å²) in [6.45, 7) is 0.755. The first-order valence-corrected chi connectivity index (χ1v) is 5.28. The van der Waals surface area contributed by atoms with Gasteiger partial charge in [0, 0.05) is 18.4 Å². The average molecular weight is 226 g/mol. The topological polar surface area (TPSA) is 54.0 Å². The van der Waals surface area contributed by atoms with Crippen molar-refractivity contribution in [2.75, 3.05) is 11.9 Å². The smallest absolute Gasteiger partial charge is 0.319 e. The molecule has 0 unspecified atom stereocenters. The fourth-order valence-corrected chi connectivity index (χ4v) is 1.39. The largest absolute Gasteiger partial charge is 0.338 e. The molecule has 15 heavy (non-hydrogen) atoms. The molecule has 0 saturated heterocycles. The zero-order valence-electron chi connectivity index (χ0n) is 8.16. The Kier molecular flexibility index (Phi) is 3.06. The van der Waals surface area contributed by atoms with E-state index in [1.54, 1.807) is 18.3 Å². The van der Waals surface area contributed by atoms with Gasteiger partial charge in [-0.05, 0) is 30.9 Å². The van der Waals surface area contributed by atoms with Crippen LogP contribution in [0, 0.1) is 5.92 Å². The highest BCUT2D eigenvalue weighted by Crippen LogP contribution is 2.27. The third kappa shape index (κ3) is 3.40. The van der Waals surface area contributed by atoms with Crippen molar-refractivity contribution in [3.8, 4) is 0 Å². The molecule has 2 N–H and O–H groups in total. The Morgan fingerprint density at radius 3 is 3.07 bits per heavy atom. The summed E-state index contributed by atoms with van der Waals surface area (Å²) in [7, 11) is 0. The van der Waals surface area contributed by atoms with Gasteiger partial charge in [0.15, 0.2) is 0 Å². The van der Waals surface area contributed by atoms with Crippen LogP contribution in [0.5, 0.6) is 0 Å². The Balaban J connectivity index is 1.81. The van der Waals surface area contributed by atoms with Gasteiger partial charge in [0.05, 0.1) is 0 Å². The van der Waals surface area contributed by atoms with Crippen LogP contribution in [-0.4, -0.2) is 17.6 Å². The Morgan fingerprint density at radius 1 is 1.60 bits per heavy atom. The quantitative estimate of drug-likeness (QED) is 0.776. The molecule has 1 aromatic rings. The summed E-state index contributed by atoms with van der Waals surface area (Å²) in [5.74, 6) is 0.678. The standard InChI is InChI=1S/C10H12ClN3O/c11-9-5-8(3-4-12-9)14-10(15)13-6-7-1-2-7/h3-5,7H,1-2,6H2,(H2,12,13,14,15). The molecule has 1 heterocycles. The second-order valence-corrected chi connectivity index (χ2v) is 4.03. The van der Waals surface area contributed by atoms with Crippen molar-refractivity contribution in [3.63, 3.8) is 0 Å². The number of halogens is 1. The third-order valence-electron chi connectivity index (χ3n) is 2.23. The van der Waals surface area contributed by atoms with E-state index in [9.17, 15) is 4.79 Å². The highest BCUT2D eigenvalue weighted by atomic mass is 35.5. The molecule has 0 radical (unpaired) electrons. The van der Waals surface area contributed by atoms with Gasteiger partial charge in [-0.1, -0.05) is 11.6 Å². The molecule has 0 spiro atoms. The van der Waals surface area contributed by atoms with E-state index in [1.165, 1.54) is 12.8 Å². The van der Waals surface area contributed by atoms with Gasteiger partial charge in [0.25, 0.3) is 0 Å². The molecule has 2 rings (SSSR count). The zero-order chi connectivity index (χ0) is 10.7. The summed E-state index contributed by atoms with van der Waals surface area (Å²) in [6, 6.07) is 3.12. The lowest BCUT2D eigenvalue weighted by molar-refractivity contribution is 0.251. The number of anilines is 1. The molecule has 1 aliphatic carbocycles. The number of hydrogen-bond acceptors (Lipinski definition) is 2. The van der Waals surface area contributed by atoms with E-state index in [2.05, 4.69) is 15.6 Å². The normalized spacial score (nSPS) is 14.7. The molecule has 0 bridgehead atoms. The van der Waals surface area contributed by atoms with Crippen LogP contribution >= 0.6 is 11.6 Å². The first kappa shape index (κ1) is 10.2. The number of nitrogens with zero attached hydrogens (tertiary/aromatic N) is 1. The summed E-state index contributed by atoms with van der Waals surface area (Å²) in [4.78, 5) is 15.2. The van der Waals surface area contributed by atoms with Gasteiger partial charge in [0.1, 0.15) is 5.15 Å². The zero-order valence-corrected chi connectivity index (χ0v) is 8.92. The predicted molar refractivity (Wildman–Crippen MR) is 59.0 cm³/mol. The minimum Gasteiger partial charge on any atom is -0.338 e. The summed E-state index contributed by atoms with van der Waals surface area (Å²) in [6.07, 6.45) is 4.00. The molecule has 2 amide bonds. The van der Waals surface area contributed by atoms with Crippen molar-refractivity contribution in [2.24, 2.45) is 5.92 Å². The van der Waals surface area contributed by atoms with Gasteiger partial charge in [-0.2, -0.15) is 0 Å². The lowest BCUT2D eigenvalue weighted by Crippen LogP contribution is -2.30. The van der Waals surface area contributed by atoms with Crippen molar-refractivity contribution in [3.05, 3.63) is 23.5 Å². The first-order chi connectivity index (χ1) is 7.24. The number of urea groups is 1. The fraction of sp³-hybridized carbons (Fsp3) is 0.400. The minimum atomic E-state index is -0.191. The fourth-order valence-electron chi connectivity index (χ4n) is 1.21. The molecule has 0 atom stereocenters. The maximum atomic E-state index is 11.4. The number of aromatic nitrogens is 1. The first-order valence-electron chi connectivity index (χ1n) is 4.90. The van der Waals surface area contributed by atoms with Crippen LogP contribution in [0.15, 0.2) is 18.3 Å². The number of carbonyl (C=O) groups excluding carboxylic acids is 1. The predicted octanol–water partition coefficient (Wildman–Crippen LogP) is 2.27. The Bertz CT molecular complexity index is 365. The van der Waals surface area contributed by atoms with Gasteiger partial charge < -0.3 is 10.6 Å². The lowest BCUT2D eigenvalue weighted by atomic mass is 10.4. The monoisotopic (exact) mass is 225 g/mol. The third-order valence-corrected chi connectivity index (χ3v) is 2.44. The van der Waals surface area contributed by atoms with E-state index in [4.69, 9.17) is 11.6 Å². The molecule has 1 aromatic heterocycles. The number of amides is 2. The second-order valence-electron chi connectivity index (χ2n) is 3.65. The number of pyridine rings is 1. The maximum absolute atomic E-state index is 11.4. The molecule has 80 valence electrons. The van der Waals surface area contributed by atoms with E-state index >= 15 is 0 Å². The van der Waals surface area contributed by atoms with E-state index in [1.807, 2.05) is 0 Å². The SMILES string of the molecule is O=C(NCC1CC1)Nc1ccnc(Cl)c1. The Labute approximate surface area is 93.0 Å². The van der Waals surface area contributed by atoms with Gasteiger partial charge in [0.2, 0.25) is 0 Å². The molecule has 1 aliphatic rings. The average Bonchev–Trinajstić information content (AvgIpc) is 2.98. The highest BCUT2D eigenvalue weighted by molar-refractivity contribution is 6.29. The van der Waals surface area contributed by atoms with Crippen molar-refractivity contribution in [1.82, 2.24) is 10.3 Å². The summed E-state index contributed by atoms with van der Waals surface area (Å²) in [5.41, 5.74) is 0.656. The number of hydrogen-bond donors (Lipinski definition) is 2. The van der Waals surface area contributed by atoms with Crippen LogP contribution in [0.3, 0.4) is 0 Å². The molecule has 5 heteroatoms. The lowest BCUT2D eigenvalue weighted by Gasteiger charge is -2.06. The van der Waals surface area contributed by atoms with Crippen molar-refractivity contribution < 1.29 is 4.79 Å². The number of rotatable bonds is 3. The van der Waals surface area contributed by atoms with Gasteiger partial charge >= 0.3 is 6.03 Å². The van der Waals surface area contributed by atoms with Crippen molar-refractivity contribution in [2.45, 2.75) is 12.8 Å². The molecule has 4 nitrogen and oxygen atoms in total. The Hall–Kier alpha value is -1.29. The second kappa shape index (κ2) is 4.49. The van der Waals surface area contributed by atoms with E-state index in [0.29, 0.717) is 16.8 Å². The summed E-state index contributed by atoms with van der Waals surface area (Å²) in [5, 5.41) is 5.86. The van der Waals surface area contributed by atoms with Gasteiger partial charge in [-0.3, -0.25) is 0 Å². The van der Waals surface area contributed by atoms with Crippen LogP contribution < -0.4 is 10.6 Å². The molecule has 1 fully saturated rings. The molecule has 0 aromatic carbocycles. The maximum Gasteiger partial charge on any atom is 0.319 e.